The largest absolute Gasteiger partial charge is 0.466 e. The van der Waals surface area contributed by atoms with Gasteiger partial charge in [0.15, 0.2) is 0 Å². The lowest BCUT2D eigenvalue weighted by Crippen LogP contribution is -2.21. The van der Waals surface area contributed by atoms with E-state index in [0.717, 1.165) is 12.1 Å². The monoisotopic (exact) mass is 254 g/mol. The first kappa shape index (κ1) is 13.0. The highest BCUT2D eigenvalue weighted by molar-refractivity contribution is 5.75. The number of benzene rings is 1. The summed E-state index contributed by atoms with van der Waals surface area (Å²) in [6.45, 7) is 3.88. The third-order valence-corrected chi connectivity index (χ3v) is 3.56. The Kier molecular flexibility index (Phi) is 3.64. The van der Waals surface area contributed by atoms with Crippen LogP contribution >= 0.6 is 0 Å². The van der Waals surface area contributed by atoms with Gasteiger partial charge < -0.3 is 4.74 Å². The van der Waals surface area contributed by atoms with Crippen LogP contribution in [-0.4, -0.2) is 12.6 Å². The zero-order valence-corrected chi connectivity index (χ0v) is 10.5. The minimum Gasteiger partial charge on any atom is -0.466 e. The first-order valence-corrected chi connectivity index (χ1v) is 6.23. The molecule has 2 rings (SSSR count). The first-order chi connectivity index (χ1) is 8.60. The summed E-state index contributed by atoms with van der Waals surface area (Å²) in [5, 5.41) is 0. The maximum absolute atomic E-state index is 13.8. The molecule has 1 aromatic carbocycles. The molecule has 98 valence electrons. The van der Waals surface area contributed by atoms with E-state index in [2.05, 4.69) is 0 Å². The van der Waals surface area contributed by atoms with Crippen LogP contribution in [0.1, 0.15) is 37.3 Å². The van der Waals surface area contributed by atoms with E-state index < -0.39 is 17.6 Å². The molecule has 1 aromatic rings. The molecule has 0 aromatic heterocycles. The fraction of sp³-hybridized carbons (Fsp3) is 0.500. The normalized spacial score (nSPS) is 21.8. The lowest BCUT2D eigenvalue weighted by atomic mass is 9.90. The molecule has 18 heavy (non-hydrogen) atoms. The molecule has 0 amide bonds. The van der Waals surface area contributed by atoms with Crippen LogP contribution in [0.2, 0.25) is 0 Å². The van der Waals surface area contributed by atoms with Gasteiger partial charge in [0, 0.05) is 5.92 Å². The van der Waals surface area contributed by atoms with E-state index in [1.807, 2.05) is 6.92 Å². The number of fused-ring (bicyclic) bond motifs is 1. The van der Waals surface area contributed by atoms with E-state index >= 15 is 0 Å². The van der Waals surface area contributed by atoms with Gasteiger partial charge >= 0.3 is 5.97 Å². The SMILES string of the molecule is CCOC(=O)C1Cc2c(F)ccc(F)c2C1CC. The number of halogens is 2. The molecule has 0 spiro atoms. The zero-order chi connectivity index (χ0) is 13.3. The van der Waals surface area contributed by atoms with Crippen molar-refractivity contribution in [1.82, 2.24) is 0 Å². The lowest BCUT2D eigenvalue weighted by Gasteiger charge is -2.17. The van der Waals surface area contributed by atoms with Crippen molar-refractivity contribution in [3.8, 4) is 0 Å². The van der Waals surface area contributed by atoms with Crippen molar-refractivity contribution in [3.63, 3.8) is 0 Å². The molecule has 0 bridgehead atoms. The molecule has 2 atom stereocenters. The van der Waals surface area contributed by atoms with Gasteiger partial charge in [-0.25, -0.2) is 8.78 Å². The van der Waals surface area contributed by atoms with E-state index in [1.54, 1.807) is 6.92 Å². The fourth-order valence-corrected chi connectivity index (χ4v) is 2.77. The average molecular weight is 254 g/mol. The molecule has 0 heterocycles. The summed E-state index contributed by atoms with van der Waals surface area (Å²) in [6.07, 6.45) is 0.827. The molecule has 0 saturated heterocycles. The number of ether oxygens (including phenoxy) is 1. The van der Waals surface area contributed by atoms with Gasteiger partial charge in [0.05, 0.1) is 12.5 Å². The minimum atomic E-state index is -0.462. The third kappa shape index (κ3) is 2.00. The molecule has 0 N–H and O–H groups in total. The zero-order valence-electron chi connectivity index (χ0n) is 10.5. The van der Waals surface area contributed by atoms with Crippen molar-refractivity contribution < 1.29 is 18.3 Å². The molecule has 0 radical (unpaired) electrons. The van der Waals surface area contributed by atoms with Gasteiger partial charge in [0.25, 0.3) is 0 Å². The van der Waals surface area contributed by atoms with Crippen LogP contribution in [0.5, 0.6) is 0 Å². The second kappa shape index (κ2) is 5.04. The Morgan fingerprint density at radius 1 is 1.33 bits per heavy atom. The maximum Gasteiger partial charge on any atom is 0.309 e. The Hall–Kier alpha value is -1.45. The summed E-state index contributed by atoms with van der Waals surface area (Å²) in [7, 11) is 0. The number of carbonyl (C=O) groups is 1. The summed E-state index contributed by atoms with van der Waals surface area (Å²) in [5.41, 5.74) is 0.690. The van der Waals surface area contributed by atoms with Crippen LogP contribution in [0.15, 0.2) is 12.1 Å². The Morgan fingerprint density at radius 2 is 2.00 bits per heavy atom. The van der Waals surface area contributed by atoms with Crippen LogP contribution in [0.25, 0.3) is 0 Å². The highest BCUT2D eigenvalue weighted by Crippen LogP contribution is 2.43. The molecule has 4 heteroatoms. The lowest BCUT2D eigenvalue weighted by molar-refractivity contribution is -0.148. The highest BCUT2D eigenvalue weighted by Gasteiger charge is 2.40. The van der Waals surface area contributed by atoms with Gasteiger partial charge in [-0.05, 0) is 43.0 Å². The highest BCUT2D eigenvalue weighted by atomic mass is 19.1. The number of carbonyl (C=O) groups excluding carboxylic acids is 1. The van der Waals surface area contributed by atoms with Crippen LogP contribution in [-0.2, 0) is 16.0 Å². The van der Waals surface area contributed by atoms with E-state index in [1.165, 1.54) is 0 Å². The molecule has 1 aliphatic carbocycles. The summed E-state index contributed by atoms with van der Waals surface area (Å²) < 4.78 is 32.5. The second-order valence-corrected chi connectivity index (χ2v) is 4.50. The molecule has 0 saturated carbocycles. The van der Waals surface area contributed by atoms with Crippen molar-refractivity contribution in [1.29, 1.82) is 0 Å². The molecule has 2 unspecified atom stereocenters. The van der Waals surface area contributed by atoms with Crippen LogP contribution in [0.4, 0.5) is 8.78 Å². The topological polar surface area (TPSA) is 26.3 Å². The summed E-state index contributed by atoms with van der Waals surface area (Å²) in [5.74, 6) is -1.97. The van der Waals surface area contributed by atoms with E-state index in [0.29, 0.717) is 17.5 Å². The predicted molar refractivity (Wildman–Crippen MR) is 63.2 cm³/mol. The molecule has 0 aliphatic heterocycles. The van der Waals surface area contributed by atoms with Crippen molar-refractivity contribution in [2.24, 2.45) is 5.92 Å². The standard InChI is InChI=1S/C14H16F2O2/c1-3-8-9(14(17)18-4-2)7-10-11(15)5-6-12(16)13(8)10/h5-6,8-9H,3-4,7H2,1-2H3. The minimum absolute atomic E-state index is 0.232. The molecule has 0 fully saturated rings. The van der Waals surface area contributed by atoms with Crippen LogP contribution < -0.4 is 0 Å². The first-order valence-electron chi connectivity index (χ1n) is 6.23. The van der Waals surface area contributed by atoms with Crippen molar-refractivity contribution in [3.05, 3.63) is 34.9 Å². The molecular formula is C14H16F2O2. The summed E-state index contributed by atoms with van der Waals surface area (Å²) >= 11 is 0. The fourth-order valence-electron chi connectivity index (χ4n) is 2.77. The summed E-state index contributed by atoms with van der Waals surface area (Å²) in [6, 6.07) is 2.25. The number of esters is 1. The Morgan fingerprint density at radius 3 is 2.61 bits per heavy atom. The van der Waals surface area contributed by atoms with Gasteiger partial charge in [-0.1, -0.05) is 6.92 Å². The van der Waals surface area contributed by atoms with Gasteiger partial charge in [0.1, 0.15) is 11.6 Å². The van der Waals surface area contributed by atoms with Gasteiger partial charge in [-0.15, -0.1) is 0 Å². The molecule has 2 nitrogen and oxygen atoms in total. The van der Waals surface area contributed by atoms with Crippen LogP contribution in [0, 0.1) is 17.6 Å². The van der Waals surface area contributed by atoms with Crippen LogP contribution in [0.3, 0.4) is 0 Å². The quantitative estimate of drug-likeness (QED) is 0.774. The number of hydrogen-bond acceptors (Lipinski definition) is 2. The summed E-state index contributed by atoms with van der Waals surface area (Å²) in [4.78, 5) is 11.8. The van der Waals surface area contributed by atoms with Gasteiger partial charge in [-0.3, -0.25) is 4.79 Å². The Labute approximate surface area is 105 Å². The van der Waals surface area contributed by atoms with Crippen molar-refractivity contribution in [2.45, 2.75) is 32.6 Å². The predicted octanol–water partition coefficient (Wildman–Crippen LogP) is 3.19. The van der Waals surface area contributed by atoms with E-state index in [9.17, 15) is 13.6 Å². The molecule has 1 aliphatic rings. The third-order valence-electron chi connectivity index (χ3n) is 3.56. The van der Waals surface area contributed by atoms with Gasteiger partial charge in [0.2, 0.25) is 0 Å². The molecular weight excluding hydrogens is 238 g/mol. The van der Waals surface area contributed by atoms with Crippen molar-refractivity contribution >= 4 is 5.97 Å². The maximum atomic E-state index is 13.8. The number of hydrogen-bond donors (Lipinski definition) is 0. The Balaban J connectivity index is 2.40. The Bertz CT molecular complexity index is 471. The number of rotatable bonds is 3. The van der Waals surface area contributed by atoms with Crippen molar-refractivity contribution in [2.75, 3.05) is 6.61 Å². The average Bonchev–Trinajstić information content (AvgIpc) is 2.74. The van der Waals surface area contributed by atoms with E-state index in [-0.39, 0.29) is 24.9 Å². The van der Waals surface area contributed by atoms with Gasteiger partial charge in [-0.2, -0.15) is 0 Å². The smallest absolute Gasteiger partial charge is 0.309 e. The van der Waals surface area contributed by atoms with E-state index in [4.69, 9.17) is 4.74 Å². The second-order valence-electron chi connectivity index (χ2n) is 4.50.